The highest BCUT2D eigenvalue weighted by molar-refractivity contribution is 9.10. The number of aromatic nitrogens is 2. The third kappa shape index (κ3) is 4.07. The average Bonchev–Trinajstić information content (AvgIpc) is 2.33. The number of hydrogen-bond acceptors (Lipinski definition) is 3. The second-order valence-electron chi connectivity index (χ2n) is 4.48. The molecule has 1 aliphatic carbocycles. The zero-order valence-electron chi connectivity index (χ0n) is 9.66. The van der Waals surface area contributed by atoms with Gasteiger partial charge in [0.2, 0.25) is 5.91 Å². The highest BCUT2D eigenvalue weighted by Gasteiger charge is 2.17. The van der Waals surface area contributed by atoms with Gasteiger partial charge in [-0.2, -0.15) is 0 Å². The quantitative estimate of drug-likeness (QED) is 0.932. The van der Waals surface area contributed by atoms with E-state index in [2.05, 4.69) is 31.2 Å². The van der Waals surface area contributed by atoms with Crippen molar-refractivity contribution in [3.8, 4) is 0 Å². The molecule has 0 aromatic carbocycles. The number of halogens is 1. The molecule has 5 heteroatoms. The molecule has 1 amide bonds. The van der Waals surface area contributed by atoms with Crippen LogP contribution in [-0.2, 0) is 4.79 Å². The molecule has 1 aromatic rings. The van der Waals surface area contributed by atoms with Gasteiger partial charge >= 0.3 is 0 Å². The summed E-state index contributed by atoms with van der Waals surface area (Å²) in [5.74, 6) is 1.12. The lowest BCUT2D eigenvalue weighted by atomic mass is 9.87. The number of carbonyl (C=O) groups is 1. The molecule has 0 bridgehead atoms. The molecule has 0 radical (unpaired) electrons. The van der Waals surface area contributed by atoms with Gasteiger partial charge in [-0.25, -0.2) is 9.97 Å². The second kappa shape index (κ2) is 6.10. The minimum Gasteiger partial charge on any atom is -0.309 e. The van der Waals surface area contributed by atoms with Crippen molar-refractivity contribution in [2.75, 3.05) is 5.32 Å². The monoisotopic (exact) mass is 297 g/mol. The summed E-state index contributed by atoms with van der Waals surface area (Å²) in [6, 6.07) is 0. The number of carbonyl (C=O) groups excluding carboxylic acids is 1. The van der Waals surface area contributed by atoms with Crippen LogP contribution in [0.3, 0.4) is 0 Å². The summed E-state index contributed by atoms with van der Waals surface area (Å²) in [6.07, 6.45) is 9.94. The fourth-order valence-corrected chi connectivity index (χ4v) is 2.43. The Hall–Kier alpha value is -0.970. The van der Waals surface area contributed by atoms with Gasteiger partial charge in [-0.15, -0.1) is 0 Å². The molecule has 0 spiro atoms. The molecule has 1 aliphatic rings. The van der Waals surface area contributed by atoms with E-state index in [1.165, 1.54) is 32.1 Å². The first-order valence-electron chi connectivity index (χ1n) is 6.01. The molecular weight excluding hydrogens is 282 g/mol. The van der Waals surface area contributed by atoms with Crippen LogP contribution < -0.4 is 5.32 Å². The zero-order valence-corrected chi connectivity index (χ0v) is 11.2. The lowest BCUT2D eigenvalue weighted by Gasteiger charge is -2.20. The zero-order chi connectivity index (χ0) is 12.1. The summed E-state index contributed by atoms with van der Waals surface area (Å²) >= 11 is 3.20. The van der Waals surface area contributed by atoms with Crippen LogP contribution in [-0.4, -0.2) is 15.9 Å². The van der Waals surface area contributed by atoms with Crippen molar-refractivity contribution in [2.24, 2.45) is 5.92 Å². The van der Waals surface area contributed by atoms with Gasteiger partial charge in [-0.05, 0) is 34.7 Å². The summed E-state index contributed by atoms with van der Waals surface area (Å²) in [7, 11) is 0. The molecule has 4 nitrogen and oxygen atoms in total. The van der Waals surface area contributed by atoms with Crippen molar-refractivity contribution in [3.63, 3.8) is 0 Å². The standard InChI is InChI=1S/C12H16BrN3O/c13-10-7-15-11(8-14-10)16-12(17)6-9-4-2-1-3-5-9/h7-9H,1-6H2,(H,15,16,17). The summed E-state index contributed by atoms with van der Waals surface area (Å²) in [6.45, 7) is 0. The Bertz CT molecular complexity index is 374. The van der Waals surface area contributed by atoms with E-state index >= 15 is 0 Å². The van der Waals surface area contributed by atoms with E-state index < -0.39 is 0 Å². The predicted molar refractivity (Wildman–Crippen MR) is 69.6 cm³/mol. The van der Waals surface area contributed by atoms with Crippen LogP contribution in [0.2, 0.25) is 0 Å². The van der Waals surface area contributed by atoms with Gasteiger partial charge in [0, 0.05) is 6.42 Å². The fourth-order valence-electron chi connectivity index (χ4n) is 2.22. The first-order chi connectivity index (χ1) is 8.24. The van der Waals surface area contributed by atoms with Crippen LogP contribution in [0.4, 0.5) is 5.82 Å². The summed E-state index contributed by atoms with van der Waals surface area (Å²) < 4.78 is 0.669. The van der Waals surface area contributed by atoms with Gasteiger partial charge in [-0.1, -0.05) is 19.3 Å². The van der Waals surface area contributed by atoms with Crippen molar-refractivity contribution >= 4 is 27.7 Å². The van der Waals surface area contributed by atoms with Gasteiger partial charge in [0.05, 0.1) is 12.4 Å². The smallest absolute Gasteiger partial charge is 0.225 e. The Morgan fingerprint density at radius 3 is 2.71 bits per heavy atom. The highest BCUT2D eigenvalue weighted by atomic mass is 79.9. The lowest BCUT2D eigenvalue weighted by Crippen LogP contribution is -2.18. The SMILES string of the molecule is O=C(CC1CCCCC1)Nc1cnc(Br)cn1. The summed E-state index contributed by atoms with van der Waals surface area (Å²) in [5, 5.41) is 2.78. The molecule has 1 fully saturated rings. The Balaban J connectivity index is 1.82. The van der Waals surface area contributed by atoms with Gasteiger partial charge in [0.15, 0.2) is 5.82 Å². The molecule has 0 aliphatic heterocycles. The van der Waals surface area contributed by atoms with E-state index in [0.717, 1.165) is 0 Å². The van der Waals surface area contributed by atoms with E-state index in [9.17, 15) is 4.79 Å². The fraction of sp³-hybridized carbons (Fsp3) is 0.583. The van der Waals surface area contributed by atoms with Crippen LogP contribution in [0, 0.1) is 5.92 Å². The van der Waals surface area contributed by atoms with Gasteiger partial charge < -0.3 is 5.32 Å². The number of hydrogen-bond donors (Lipinski definition) is 1. The van der Waals surface area contributed by atoms with Crippen molar-refractivity contribution in [3.05, 3.63) is 17.0 Å². The van der Waals surface area contributed by atoms with Crippen LogP contribution in [0.15, 0.2) is 17.0 Å². The van der Waals surface area contributed by atoms with Gasteiger partial charge in [0.25, 0.3) is 0 Å². The minimum atomic E-state index is 0.0496. The van der Waals surface area contributed by atoms with Crippen molar-refractivity contribution < 1.29 is 4.79 Å². The number of nitrogens with zero attached hydrogens (tertiary/aromatic N) is 2. The average molecular weight is 298 g/mol. The number of nitrogens with one attached hydrogen (secondary N) is 1. The van der Waals surface area contributed by atoms with E-state index in [-0.39, 0.29) is 5.91 Å². The normalized spacial score (nSPS) is 16.8. The van der Waals surface area contributed by atoms with E-state index in [1.807, 2.05) is 0 Å². The maximum Gasteiger partial charge on any atom is 0.225 e. The Labute approximate surface area is 109 Å². The molecule has 17 heavy (non-hydrogen) atoms. The van der Waals surface area contributed by atoms with Crippen LogP contribution in [0.1, 0.15) is 38.5 Å². The molecule has 92 valence electrons. The Kier molecular flexibility index (Phi) is 4.48. The molecule has 2 rings (SSSR count). The first-order valence-corrected chi connectivity index (χ1v) is 6.81. The van der Waals surface area contributed by atoms with Gasteiger partial charge in [-0.3, -0.25) is 4.79 Å². The first kappa shape index (κ1) is 12.5. The van der Waals surface area contributed by atoms with Crippen molar-refractivity contribution in [2.45, 2.75) is 38.5 Å². The Morgan fingerprint density at radius 2 is 2.06 bits per heavy atom. The molecule has 1 saturated carbocycles. The molecule has 1 heterocycles. The third-order valence-electron chi connectivity index (χ3n) is 3.09. The van der Waals surface area contributed by atoms with Crippen molar-refractivity contribution in [1.82, 2.24) is 9.97 Å². The van der Waals surface area contributed by atoms with Gasteiger partial charge in [0.1, 0.15) is 4.60 Å². The predicted octanol–water partition coefficient (Wildman–Crippen LogP) is 3.15. The highest BCUT2D eigenvalue weighted by Crippen LogP contribution is 2.26. The largest absolute Gasteiger partial charge is 0.309 e. The molecule has 0 saturated heterocycles. The van der Waals surface area contributed by atoms with Crippen molar-refractivity contribution in [1.29, 1.82) is 0 Å². The molecule has 1 N–H and O–H groups in total. The summed E-state index contributed by atoms with van der Waals surface area (Å²) in [5.41, 5.74) is 0. The second-order valence-corrected chi connectivity index (χ2v) is 5.29. The Morgan fingerprint density at radius 1 is 1.29 bits per heavy atom. The maximum atomic E-state index is 11.8. The molecule has 1 aromatic heterocycles. The maximum absolute atomic E-state index is 11.8. The lowest BCUT2D eigenvalue weighted by molar-refractivity contribution is -0.117. The van der Waals surface area contributed by atoms with E-state index in [1.54, 1.807) is 12.4 Å². The summed E-state index contributed by atoms with van der Waals surface area (Å²) in [4.78, 5) is 19.9. The third-order valence-corrected chi connectivity index (χ3v) is 3.50. The number of rotatable bonds is 3. The number of amides is 1. The number of anilines is 1. The molecule has 0 atom stereocenters. The van der Waals surface area contributed by atoms with Crippen LogP contribution >= 0.6 is 15.9 Å². The molecule has 0 unspecified atom stereocenters. The topological polar surface area (TPSA) is 54.9 Å². The molecular formula is C12H16BrN3O. The van der Waals surface area contributed by atoms with Crippen LogP contribution in [0.25, 0.3) is 0 Å². The van der Waals surface area contributed by atoms with E-state index in [0.29, 0.717) is 22.8 Å². The minimum absolute atomic E-state index is 0.0496. The van der Waals surface area contributed by atoms with E-state index in [4.69, 9.17) is 0 Å². The van der Waals surface area contributed by atoms with Crippen LogP contribution in [0.5, 0.6) is 0 Å².